The van der Waals surface area contributed by atoms with Crippen LogP contribution >= 0.6 is 0 Å². The molecule has 2 saturated carbocycles. The predicted octanol–water partition coefficient (Wildman–Crippen LogP) is 2.31. The predicted molar refractivity (Wildman–Crippen MR) is 62.7 cm³/mol. The molecule has 15 heavy (non-hydrogen) atoms. The summed E-state index contributed by atoms with van der Waals surface area (Å²) in [4.78, 5) is 0. The Morgan fingerprint density at radius 3 is 2.33 bits per heavy atom. The van der Waals surface area contributed by atoms with E-state index < -0.39 is 0 Å². The van der Waals surface area contributed by atoms with Crippen molar-refractivity contribution in [1.82, 2.24) is 5.32 Å². The lowest BCUT2D eigenvalue weighted by atomic mass is 9.64. The smallest absolute Gasteiger partial charge is 0.0621 e. The van der Waals surface area contributed by atoms with Crippen LogP contribution in [0.15, 0.2) is 0 Å². The zero-order chi connectivity index (χ0) is 11.1. The van der Waals surface area contributed by atoms with E-state index in [1.807, 2.05) is 0 Å². The molecule has 2 heteroatoms. The fourth-order valence-corrected chi connectivity index (χ4v) is 3.10. The standard InChI is InChI=1S/C13H25NO/c1-9(10-6-4-5-7-10)14-11-8-12(15)13(11,2)3/h9-12,14-15H,4-8H2,1-3H3/t9-,11?,12?/m0/s1. The second kappa shape index (κ2) is 4.06. The molecule has 0 saturated heterocycles. The van der Waals surface area contributed by atoms with Crippen molar-refractivity contribution in [3.8, 4) is 0 Å². The molecule has 0 radical (unpaired) electrons. The number of rotatable bonds is 3. The molecule has 0 aromatic heterocycles. The van der Waals surface area contributed by atoms with Crippen LogP contribution in [0.4, 0.5) is 0 Å². The van der Waals surface area contributed by atoms with Crippen LogP contribution in [0.1, 0.15) is 52.9 Å². The molecule has 2 N–H and O–H groups in total. The molecule has 0 aliphatic heterocycles. The Bertz CT molecular complexity index is 221. The summed E-state index contributed by atoms with van der Waals surface area (Å²) in [7, 11) is 0. The summed E-state index contributed by atoms with van der Waals surface area (Å²) >= 11 is 0. The van der Waals surface area contributed by atoms with Crippen LogP contribution in [-0.2, 0) is 0 Å². The van der Waals surface area contributed by atoms with Crippen LogP contribution < -0.4 is 5.32 Å². The Kier molecular flexibility index (Phi) is 3.09. The van der Waals surface area contributed by atoms with Gasteiger partial charge in [0.25, 0.3) is 0 Å². The van der Waals surface area contributed by atoms with E-state index in [4.69, 9.17) is 0 Å². The van der Waals surface area contributed by atoms with E-state index in [2.05, 4.69) is 26.1 Å². The zero-order valence-electron chi connectivity index (χ0n) is 10.3. The first-order valence-corrected chi connectivity index (χ1v) is 6.46. The van der Waals surface area contributed by atoms with E-state index in [1.54, 1.807) is 0 Å². The van der Waals surface area contributed by atoms with Crippen LogP contribution in [0.5, 0.6) is 0 Å². The third-order valence-electron chi connectivity index (χ3n) is 4.79. The van der Waals surface area contributed by atoms with Gasteiger partial charge in [-0.1, -0.05) is 26.7 Å². The molecule has 2 nitrogen and oxygen atoms in total. The summed E-state index contributed by atoms with van der Waals surface area (Å²) in [5.41, 5.74) is 0.0763. The minimum atomic E-state index is -0.106. The second-order valence-corrected chi connectivity index (χ2v) is 6.13. The minimum Gasteiger partial charge on any atom is -0.392 e. The Morgan fingerprint density at radius 2 is 1.87 bits per heavy atom. The van der Waals surface area contributed by atoms with Gasteiger partial charge in [-0.3, -0.25) is 0 Å². The second-order valence-electron chi connectivity index (χ2n) is 6.13. The average Bonchev–Trinajstić information content (AvgIpc) is 2.70. The van der Waals surface area contributed by atoms with Crippen molar-refractivity contribution in [3.05, 3.63) is 0 Å². The first-order chi connectivity index (χ1) is 7.01. The lowest BCUT2D eigenvalue weighted by Crippen LogP contribution is -2.62. The molecule has 2 aliphatic rings. The highest BCUT2D eigenvalue weighted by Crippen LogP contribution is 2.41. The van der Waals surface area contributed by atoms with Crippen LogP contribution in [0.3, 0.4) is 0 Å². The highest BCUT2D eigenvalue weighted by molar-refractivity contribution is 5.02. The molecule has 0 heterocycles. The van der Waals surface area contributed by atoms with Gasteiger partial charge in [0.2, 0.25) is 0 Å². The average molecular weight is 211 g/mol. The van der Waals surface area contributed by atoms with Gasteiger partial charge in [0.15, 0.2) is 0 Å². The van der Waals surface area contributed by atoms with Crippen molar-refractivity contribution in [2.24, 2.45) is 11.3 Å². The summed E-state index contributed by atoms with van der Waals surface area (Å²) in [6.45, 7) is 6.65. The Morgan fingerprint density at radius 1 is 1.27 bits per heavy atom. The first-order valence-electron chi connectivity index (χ1n) is 6.46. The van der Waals surface area contributed by atoms with Crippen molar-refractivity contribution in [3.63, 3.8) is 0 Å². The summed E-state index contributed by atoms with van der Waals surface area (Å²) in [5, 5.41) is 13.4. The van der Waals surface area contributed by atoms with Gasteiger partial charge in [0.05, 0.1) is 6.10 Å². The summed E-state index contributed by atoms with van der Waals surface area (Å²) in [6.07, 6.45) is 6.43. The Balaban J connectivity index is 1.82. The highest BCUT2D eigenvalue weighted by Gasteiger charge is 2.47. The van der Waals surface area contributed by atoms with Gasteiger partial charge in [-0.2, -0.15) is 0 Å². The van der Waals surface area contributed by atoms with Crippen LogP contribution in [0, 0.1) is 11.3 Å². The van der Waals surface area contributed by atoms with Gasteiger partial charge >= 0.3 is 0 Å². The van der Waals surface area contributed by atoms with E-state index in [1.165, 1.54) is 25.7 Å². The van der Waals surface area contributed by atoms with E-state index >= 15 is 0 Å². The first kappa shape index (κ1) is 11.4. The minimum absolute atomic E-state index is 0.0763. The topological polar surface area (TPSA) is 32.3 Å². The summed E-state index contributed by atoms with van der Waals surface area (Å²) in [6, 6.07) is 1.15. The molecule has 0 aromatic rings. The largest absolute Gasteiger partial charge is 0.392 e. The number of nitrogens with one attached hydrogen (secondary N) is 1. The third-order valence-corrected chi connectivity index (χ3v) is 4.79. The molecule has 2 fully saturated rings. The molecule has 0 spiro atoms. The monoisotopic (exact) mass is 211 g/mol. The third kappa shape index (κ3) is 2.07. The van der Waals surface area contributed by atoms with Gasteiger partial charge in [-0.15, -0.1) is 0 Å². The fraction of sp³-hybridized carbons (Fsp3) is 1.00. The van der Waals surface area contributed by atoms with Crippen molar-refractivity contribution in [1.29, 1.82) is 0 Å². The Hall–Kier alpha value is -0.0800. The maximum absolute atomic E-state index is 9.68. The molecule has 0 bridgehead atoms. The lowest BCUT2D eigenvalue weighted by Gasteiger charge is -2.51. The maximum Gasteiger partial charge on any atom is 0.0621 e. The number of hydrogen-bond acceptors (Lipinski definition) is 2. The van der Waals surface area contributed by atoms with Crippen LogP contribution in [0.25, 0.3) is 0 Å². The van der Waals surface area contributed by atoms with Gasteiger partial charge < -0.3 is 10.4 Å². The molecule has 3 atom stereocenters. The number of aliphatic hydroxyl groups is 1. The van der Waals surface area contributed by atoms with Crippen molar-refractivity contribution in [2.75, 3.05) is 0 Å². The van der Waals surface area contributed by atoms with Crippen molar-refractivity contribution in [2.45, 2.75) is 71.1 Å². The van der Waals surface area contributed by atoms with E-state index in [0.29, 0.717) is 12.1 Å². The van der Waals surface area contributed by atoms with E-state index in [0.717, 1.165) is 12.3 Å². The van der Waals surface area contributed by atoms with Gasteiger partial charge in [-0.25, -0.2) is 0 Å². The molecule has 2 aliphatic carbocycles. The SMILES string of the molecule is C[C@H](NC1CC(O)C1(C)C)C1CCCC1. The molecule has 88 valence electrons. The van der Waals surface area contributed by atoms with Crippen LogP contribution in [-0.4, -0.2) is 23.3 Å². The fourth-order valence-electron chi connectivity index (χ4n) is 3.10. The highest BCUT2D eigenvalue weighted by atomic mass is 16.3. The van der Waals surface area contributed by atoms with Gasteiger partial charge in [0.1, 0.15) is 0 Å². The molecule has 0 amide bonds. The van der Waals surface area contributed by atoms with E-state index in [9.17, 15) is 5.11 Å². The molecule has 2 unspecified atom stereocenters. The molecule has 0 aromatic carbocycles. The normalized spacial score (nSPS) is 37.6. The van der Waals surface area contributed by atoms with E-state index in [-0.39, 0.29) is 11.5 Å². The number of aliphatic hydroxyl groups excluding tert-OH is 1. The maximum atomic E-state index is 9.68. The quantitative estimate of drug-likeness (QED) is 0.751. The van der Waals surface area contributed by atoms with Crippen LogP contribution in [0.2, 0.25) is 0 Å². The lowest BCUT2D eigenvalue weighted by molar-refractivity contribution is -0.0771. The number of hydrogen-bond donors (Lipinski definition) is 2. The molecule has 2 rings (SSSR count). The molecular weight excluding hydrogens is 186 g/mol. The van der Waals surface area contributed by atoms with Gasteiger partial charge in [-0.05, 0) is 32.1 Å². The summed E-state index contributed by atoms with van der Waals surface area (Å²) < 4.78 is 0. The zero-order valence-corrected chi connectivity index (χ0v) is 10.3. The van der Waals surface area contributed by atoms with Gasteiger partial charge in [0, 0.05) is 17.5 Å². The Labute approximate surface area is 93.5 Å². The van der Waals surface area contributed by atoms with Crippen molar-refractivity contribution < 1.29 is 5.11 Å². The molecular formula is C13H25NO. The summed E-state index contributed by atoms with van der Waals surface area (Å²) in [5.74, 6) is 0.874. The van der Waals surface area contributed by atoms with Crippen molar-refractivity contribution >= 4 is 0 Å².